The molecule has 2 unspecified atom stereocenters. The van der Waals surface area contributed by atoms with Gasteiger partial charge in [0.15, 0.2) is 0 Å². The third kappa shape index (κ3) is 4.46. The standard InChI is InChI=1S/C22H27NO5S/c1-14-5-10-21(29(25,26)27)20(11-14)15(2)18-12-22(24)23(13-18)16(3)17-6-8-19(28-4)9-7-17/h5-11,15-16,18H,12-13H2,1-4H3,(H,25,26,27)/t15?,16?,18-/m0/s1. The summed E-state index contributed by atoms with van der Waals surface area (Å²) >= 11 is 0. The first-order chi connectivity index (χ1) is 13.6. The number of amides is 1. The Hall–Kier alpha value is -2.38. The average molecular weight is 418 g/mol. The van der Waals surface area contributed by atoms with Crippen LogP contribution in [0.2, 0.25) is 0 Å². The molecule has 1 aliphatic heterocycles. The first-order valence-electron chi connectivity index (χ1n) is 9.63. The highest BCUT2D eigenvalue weighted by atomic mass is 32.2. The maximum absolute atomic E-state index is 12.7. The van der Waals surface area contributed by atoms with E-state index in [0.717, 1.165) is 16.9 Å². The SMILES string of the molecule is COc1ccc(C(C)N2C[C@@H](C(C)c3cc(C)ccc3S(=O)(=O)O)CC2=O)cc1. The number of aryl methyl sites for hydroxylation is 1. The lowest BCUT2D eigenvalue weighted by Crippen LogP contribution is -2.29. The third-order valence-electron chi connectivity index (χ3n) is 5.89. The van der Waals surface area contributed by atoms with Crippen molar-refractivity contribution in [2.24, 2.45) is 5.92 Å². The van der Waals surface area contributed by atoms with Crippen molar-refractivity contribution in [1.82, 2.24) is 4.90 Å². The molecule has 6 nitrogen and oxygen atoms in total. The van der Waals surface area contributed by atoms with Gasteiger partial charge < -0.3 is 9.64 Å². The number of hydrogen-bond acceptors (Lipinski definition) is 4. The Morgan fingerprint density at radius 2 is 1.79 bits per heavy atom. The Labute approximate surface area is 172 Å². The molecule has 2 aromatic rings. The molecule has 0 bridgehead atoms. The Morgan fingerprint density at radius 3 is 2.38 bits per heavy atom. The van der Waals surface area contributed by atoms with E-state index in [1.165, 1.54) is 6.07 Å². The van der Waals surface area contributed by atoms with Gasteiger partial charge in [0.05, 0.1) is 18.0 Å². The van der Waals surface area contributed by atoms with Crippen LogP contribution in [0.3, 0.4) is 0 Å². The number of carbonyl (C=O) groups is 1. The second kappa shape index (κ2) is 8.16. The minimum Gasteiger partial charge on any atom is -0.497 e. The molecule has 0 aliphatic carbocycles. The maximum Gasteiger partial charge on any atom is 0.294 e. The quantitative estimate of drug-likeness (QED) is 0.719. The second-order valence-electron chi connectivity index (χ2n) is 7.76. The number of hydrogen-bond donors (Lipinski definition) is 1. The molecule has 1 amide bonds. The molecule has 3 atom stereocenters. The van der Waals surface area contributed by atoms with E-state index in [9.17, 15) is 17.8 Å². The molecule has 0 saturated carbocycles. The molecule has 156 valence electrons. The van der Waals surface area contributed by atoms with Gasteiger partial charge in [0.1, 0.15) is 5.75 Å². The van der Waals surface area contributed by atoms with Crippen molar-refractivity contribution in [2.45, 2.75) is 44.0 Å². The maximum atomic E-state index is 12.7. The Bertz CT molecular complexity index is 1000. The molecule has 2 aromatic carbocycles. The largest absolute Gasteiger partial charge is 0.497 e. The van der Waals surface area contributed by atoms with Crippen LogP contribution >= 0.6 is 0 Å². The van der Waals surface area contributed by atoms with Crippen molar-refractivity contribution in [2.75, 3.05) is 13.7 Å². The highest BCUT2D eigenvalue weighted by Crippen LogP contribution is 2.38. The van der Waals surface area contributed by atoms with Crippen molar-refractivity contribution in [3.63, 3.8) is 0 Å². The smallest absolute Gasteiger partial charge is 0.294 e. The zero-order chi connectivity index (χ0) is 21.3. The van der Waals surface area contributed by atoms with E-state index < -0.39 is 10.1 Å². The molecule has 3 rings (SSSR count). The van der Waals surface area contributed by atoms with Crippen molar-refractivity contribution in [3.8, 4) is 5.75 Å². The lowest BCUT2D eigenvalue weighted by molar-refractivity contribution is -0.129. The molecule has 0 radical (unpaired) electrons. The summed E-state index contributed by atoms with van der Waals surface area (Å²) in [6.07, 6.45) is 0.348. The van der Waals surface area contributed by atoms with Crippen LogP contribution in [0, 0.1) is 12.8 Å². The van der Waals surface area contributed by atoms with Crippen LogP contribution in [-0.4, -0.2) is 37.4 Å². The summed E-state index contributed by atoms with van der Waals surface area (Å²) in [7, 11) is -2.72. The lowest BCUT2D eigenvalue weighted by atomic mass is 9.86. The summed E-state index contributed by atoms with van der Waals surface area (Å²) in [5, 5.41) is 0. The Balaban J connectivity index is 1.84. The van der Waals surface area contributed by atoms with Crippen LogP contribution in [-0.2, 0) is 14.9 Å². The summed E-state index contributed by atoms with van der Waals surface area (Å²) in [5.74, 6) is 0.581. The number of nitrogens with zero attached hydrogens (tertiary/aromatic N) is 1. The second-order valence-corrected chi connectivity index (χ2v) is 9.15. The van der Waals surface area contributed by atoms with E-state index in [0.29, 0.717) is 18.5 Å². The monoisotopic (exact) mass is 417 g/mol. The summed E-state index contributed by atoms with van der Waals surface area (Å²) in [6, 6.07) is 12.4. The highest BCUT2D eigenvalue weighted by molar-refractivity contribution is 7.85. The number of benzene rings is 2. The Morgan fingerprint density at radius 1 is 1.14 bits per heavy atom. The first kappa shape index (κ1) is 21.3. The highest BCUT2D eigenvalue weighted by Gasteiger charge is 2.37. The minimum absolute atomic E-state index is 0.0366. The van der Waals surface area contributed by atoms with E-state index in [2.05, 4.69) is 0 Å². The van der Waals surface area contributed by atoms with Gasteiger partial charge in [0.25, 0.3) is 10.1 Å². The van der Waals surface area contributed by atoms with Gasteiger partial charge in [-0.3, -0.25) is 9.35 Å². The number of likely N-dealkylation sites (tertiary alicyclic amines) is 1. The first-order valence-corrected chi connectivity index (χ1v) is 11.1. The van der Waals surface area contributed by atoms with Gasteiger partial charge in [-0.05, 0) is 55.0 Å². The van der Waals surface area contributed by atoms with Crippen LogP contribution in [0.25, 0.3) is 0 Å². The fourth-order valence-electron chi connectivity index (χ4n) is 4.04. The van der Waals surface area contributed by atoms with Crippen molar-refractivity contribution >= 4 is 16.0 Å². The van der Waals surface area contributed by atoms with Gasteiger partial charge in [-0.25, -0.2) is 0 Å². The van der Waals surface area contributed by atoms with E-state index in [4.69, 9.17) is 4.74 Å². The molecule has 1 saturated heterocycles. The zero-order valence-corrected chi connectivity index (χ0v) is 17.9. The number of carbonyl (C=O) groups excluding carboxylic acids is 1. The molecule has 0 aromatic heterocycles. The Kier molecular flexibility index (Phi) is 6.00. The molecule has 29 heavy (non-hydrogen) atoms. The van der Waals surface area contributed by atoms with E-state index in [1.807, 2.05) is 49.9 Å². The fourth-order valence-corrected chi connectivity index (χ4v) is 4.83. The van der Waals surface area contributed by atoms with Gasteiger partial charge in [-0.15, -0.1) is 0 Å². The van der Waals surface area contributed by atoms with Crippen LogP contribution in [0.5, 0.6) is 5.75 Å². The summed E-state index contributed by atoms with van der Waals surface area (Å²) in [5.41, 5.74) is 2.48. The molecule has 1 aliphatic rings. The molecule has 7 heteroatoms. The van der Waals surface area contributed by atoms with Gasteiger partial charge in [0, 0.05) is 13.0 Å². The van der Waals surface area contributed by atoms with Crippen LogP contribution in [0.1, 0.15) is 48.9 Å². The van der Waals surface area contributed by atoms with E-state index >= 15 is 0 Å². The van der Waals surface area contributed by atoms with Crippen LogP contribution in [0.15, 0.2) is 47.4 Å². The molecule has 1 N–H and O–H groups in total. The fraction of sp³-hybridized carbons (Fsp3) is 0.409. The van der Waals surface area contributed by atoms with Gasteiger partial charge in [-0.1, -0.05) is 36.8 Å². The average Bonchev–Trinajstić information content (AvgIpc) is 3.07. The molecule has 1 heterocycles. The lowest BCUT2D eigenvalue weighted by Gasteiger charge is -2.27. The minimum atomic E-state index is -4.33. The summed E-state index contributed by atoms with van der Waals surface area (Å²) in [4.78, 5) is 14.5. The molecular formula is C22H27NO5S. The predicted molar refractivity (Wildman–Crippen MR) is 111 cm³/mol. The molecule has 1 fully saturated rings. The van der Waals surface area contributed by atoms with E-state index in [-0.39, 0.29) is 28.7 Å². The van der Waals surface area contributed by atoms with Gasteiger partial charge >= 0.3 is 0 Å². The number of ether oxygens (including phenoxy) is 1. The molecule has 0 spiro atoms. The van der Waals surface area contributed by atoms with Crippen LogP contribution in [0.4, 0.5) is 0 Å². The van der Waals surface area contributed by atoms with Crippen molar-refractivity contribution < 1.29 is 22.5 Å². The topological polar surface area (TPSA) is 83.9 Å². The normalized spacial score (nSPS) is 19.3. The van der Waals surface area contributed by atoms with Crippen LogP contribution < -0.4 is 4.74 Å². The zero-order valence-electron chi connectivity index (χ0n) is 17.1. The molecular weight excluding hydrogens is 390 g/mol. The van der Waals surface area contributed by atoms with Gasteiger partial charge in [0.2, 0.25) is 5.91 Å². The number of rotatable bonds is 6. The van der Waals surface area contributed by atoms with Gasteiger partial charge in [-0.2, -0.15) is 8.42 Å². The predicted octanol–water partition coefficient (Wildman–Crippen LogP) is 3.96. The number of methoxy groups -OCH3 is 1. The third-order valence-corrected chi connectivity index (χ3v) is 6.82. The van der Waals surface area contributed by atoms with Crippen molar-refractivity contribution in [3.05, 3.63) is 59.2 Å². The van der Waals surface area contributed by atoms with E-state index in [1.54, 1.807) is 19.2 Å². The summed E-state index contributed by atoms with van der Waals surface area (Å²) < 4.78 is 38.5. The van der Waals surface area contributed by atoms with Crippen molar-refractivity contribution in [1.29, 1.82) is 0 Å². The summed E-state index contributed by atoms with van der Waals surface area (Å²) in [6.45, 7) is 6.32.